The van der Waals surface area contributed by atoms with Crippen LogP contribution in [0.25, 0.3) is 0 Å². The van der Waals surface area contributed by atoms with E-state index in [2.05, 4.69) is 23.7 Å². The number of anilines is 1. The van der Waals surface area contributed by atoms with Gasteiger partial charge in [-0.15, -0.1) is 0 Å². The number of nitro groups is 1. The highest BCUT2D eigenvalue weighted by atomic mass is 16.6. The number of hydrogen-bond acceptors (Lipinski definition) is 4. The molecule has 5 heteroatoms. The molecule has 1 fully saturated rings. The highest BCUT2D eigenvalue weighted by molar-refractivity contribution is 5.44. The largest absolute Gasteiger partial charge is 0.353 e. The van der Waals surface area contributed by atoms with Crippen LogP contribution in [0.15, 0.2) is 18.3 Å². The molecular weight excluding hydrogens is 242 g/mol. The lowest BCUT2D eigenvalue weighted by Crippen LogP contribution is -2.44. The maximum absolute atomic E-state index is 10.7. The molecule has 2 atom stereocenters. The van der Waals surface area contributed by atoms with Gasteiger partial charge in [-0.2, -0.15) is 0 Å². The second-order valence-electron chi connectivity index (χ2n) is 5.30. The van der Waals surface area contributed by atoms with E-state index in [0.717, 1.165) is 25.2 Å². The van der Waals surface area contributed by atoms with Crippen LogP contribution in [0.3, 0.4) is 0 Å². The number of aromatic nitrogens is 1. The van der Waals surface area contributed by atoms with Crippen LogP contribution < -0.4 is 4.90 Å². The molecule has 19 heavy (non-hydrogen) atoms. The average Bonchev–Trinajstić information content (AvgIpc) is 2.41. The fourth-order valence-corrected chi connectivity index (χ4v) is 2.93. The first-order valence-electron chi connectivity index (χ1n) is 7.00. The van der Waals surface area contributed by atoms with Gasteiger partial charge in [-0.25, -0.2) is 4.98 Å². The van der Waals surface area contributed by atoms with Crippen molar-refractivity contribution in [3.63, 3.8) is 0 Å². The molecule has 2 heterocycles. The second-order valence-corrected chi connectivity index (χ2v) is 5.30. The van der Waals surface area contributed by atoms with E-state index in [1.54, 1.807) is 12.1 Å². The molecule has 0 spiro atoms. The number of rotatable bonds is 4. The van der Waals surface area contributed by atoms with Crippen LogP contribution in [0, 0.1) is 16.0 Å². The van der Waals surface area contributed by atoms with Gasteiger partial charge in [-0.3, -0.25) is 10.1 Å². The van der Waals surface area contributed by atoms with Crippen molar-refractivity contribution >= 4 is 11.5 Å². The van der Waals surface area contributed by atoms with Crippen LogP contribution in [0.4, 0.5) is 11.5 Å². The Morgan fingerprint density at radius 2 is 2.32 bits per heavy atom. The summed E-state index contributed by atoms with van der Waals surface area (Å²) in [4.78, 5) is 16.9. The maximum atomic E-state index is 10.7. The van der Waals surface area contributed by atoms with Crippen molar-refractivity contribution in [2.24, 2.45) is 5.92 Å². The first-order valence-corrected chi connectivity index (χ1v) is 7.00. The molecule has 0 amide bonds. The van der Waals surface area contributed by atoms with E-state index in [4.69, 9.17) is 0 Å². The van der Waals surface area contributed by atoms with E-state index >= 15 is 0 Å². The van der Waals surface area contributed by atoms with Crippen LogP contribution in [0.1, 0.15) is 39.5 Å². The zero-order valence-corrected chi connectivity index (χ0v) is 11.6. The Labute approximate surface area is 113 Å². The maximum Gasteiger partial charge on any atom is 0.287 e. The summed E-state index contributed by atoms with van der Waals surface area (Å²) in [6.07, 6.45) is 6.09. The normalized spacial score (nSPS) is 23.4. The molecule has 0 N–H and O–H groups in total. The minimum absolute atomic E-state index is 0.0563. The zero-order chi connectivity index (χ0) is 13.8. The van der Waals surface area contributed by atoms with Crippen LogP contribution in [-0.4, -0.2) is 22.5 Å². The highest BCUT2D eigenvalue weighted by Crippen LogP contribution is 2.30. The molecule has 2 rings (SSSR count). The smallest absolute Gasteiger partial charge is 0.287 e. The number of pyridine rings is 1. The topological polar surface area (TPSA) is 59.3 Å². The predicted octanol–water partition coefficient (Wildman–Crippen LogP) is 3.39. The average molecular weight is 263 g/mol. The molecule has 1 aromatic rings. The van der Waals surface area contributed by atoms with Crippen molar-refractivity contribution in [1.82, 2.24) is 4.98 Å². The van der Waals surface area contributed by atoms with Crippen molar-refractivity contribution in [3.05, 3.63) is 28.4 Å². The summed E-state index contributed by atoms with van der Waals surface area (Å²) in [6, 6.07) is 3.83. The van der Waals surface area contributed by atoms with Gasteiger partial charge in [0.2, 0.25) is 0 Å². The first kappa shape index (κ1) is 13.8. The third-order valence-electron chi connectivity index (χ3n) is 3.94. The van der Waals surface area contributed by atoms with Crippen molar-refractivity contribution < 1.29 is 4.92 Å². The fourth-order valence-electron chi connectivity index (χ4n) is 2.93. The van der Waals surface area contributed by atoms with E-state index in [0.29, 0.717) is 12.0 Å². The molecule has 1 aromatic heterocycles. The Hall–Kier alpha value is -1.65. The van der Waals surface area contributed by atoms with Crippen LogP contribution >= 0.6 is 0 Å². The molecule has 1 aliphatic rings. The third-order valence-corrected chi connectivity index (χ3v) is 3.94. The summed E-state index contributed by atoms with van der Waals surface area (Å²) in [5.41, 5.74) is 0.0563. The molecule has 0 radical (unpaired) electrons. The number of hydrogen-bond donors (Lipinski definition) is 0. The first-order chi connectivity index (χ1) is 9.13. The van der Waals surface area contributed by atoms with Gasteiger partial charge in [0.1, 0.15) is 12.0 Å². The minimum Gasteiger partial charge on any atom is -0.353 e. The highest BCUT2D eigenvalue weighted by Gasteiger charge is 2.28. The molecule has 0 unspecified atom stereocenters. The molecule has 5 nitrogen and oxygen atoms in total. The standard InChI is InChI=1S/C14H21N3O2/c1-3-5-13-11(2)6-4-9-16(13)14-8-7-12(10-15-14)17(18)19/h7-8,10-11,13H,3-6,9H2,1-2H3/t11-,13-/m0/s1. The predicted molar refractivity (Wildman–Crippen MR) is 75.3 cm³/mol. The number of piperidine rings is 1. The van der Waals surface area contributed by atoms with Gasteiger partial charge >= 0.3 is 0 Å². The van der Waals surface area contributed by atoms with Crippen molar-refractivity contribution in [2.45, 2.75) is 45.6 Å². The molecule has 0 saturated carbocycles. The lowest BCUT2D eigenvalue weighted by atomic mass is 9.88. The van der Waals surface area contributed by atoms with Gasteiger partial charge in [-0.1, -0.05) is 20.3 Å². The van der Waals surface area contributed by atoms with Gasteiger partial charge in [0, 0.05) is 18.7 Å². The Kier molecular flexibility index (Phi) is 4.35. The second kappa shape index (κ2) is 5.99. The molecule has 0 aromatic carbocycles. The van der Waals surface area contributed by atoms with E-state index in [1.165, 1.54) is 19.0 Å². The van der Waals surface area contributed by atoms with Gasteiger partial charge in [0.25, 0.3) is 5.69 Å². The Balaban J connectivity index is 2.20. The minimum atomic E-state index is -0.404. The quantitative estimate of drug-likeness (QED) is 0.617. The summed E-state index contributed by atoms with van der Waals surface area (Å²) < 4.78 is 0. The van der Waals surface area contributed by atoms with Crippen LogP contribution in [-0.2, 0) is 0 Å². The third kappa shape index (κ3) is 3.03. The Morgan fingerprint density at radius 1 is 1.53 bits per heavy atom. The zero-order valence-electron chi connectivity index (χ0n) is 11.6. The summed E-state index contributed by atoms with van der Waals surface area (Å²) in [7, 11) is 0. The molecule has 0 bridgehead atoms. The lowest BCUT2D eigenvalue weighted by molar-refractivity contribution is -0.385. The van der Waals surface area contributed by atoms with E-state index in [-0.39, 0.29) is 5.69 Å². The molecular formula is C14H21N3O2. The number of nitrogens with zero attached hydrogens (tertiary/aromatic N) is 3. The molecule has 1 saturated heterocycles. The molecule has 0 aliphatic carbocycles. The molecule has 1 aliphatic heterocycles. The SMILES string of the molecule is CCC[C@H]1[C@@H](C)CCCN1c1ccc([N+](=O)[O-])cn1. The van der Waals surface area contributed by atoms with Gasteiger partial charge < -0.3 is 4.90 Å². The van der Waals surface area contributed by atoms with Gasteiger partial charge in [-0.05, 0) is 31.2 Å². The fraction of sp³-hybridized carbons (Fsp3) is 0.643. The van der Waals surface area contributed by atoms with Crippen molar-refractivity contribution in [2.75, 3.05) is 11.4 Å². The lowest BCUT2D eigenvalue weighted by Gasteiger charge is -2.41. The van der Waals surface area contributed by atoms with Crippen LogP contribution in [0.5, 0.6) is 0 Å². The Morgan fingerprint density at radius 3 is 2.89 bits per heavy atom. The summed E-state index contributed by atoms with van der Waals surface area (Å²) >= 11 is 0. The van der Waals surface area contributed by atoms with Crippen LogP contribution in [0.2, 0.25) is 0 Å². The summed E-state index contributed by atoms with van der Waals surface area (Å²) in [5.74, 6) is 1.53. The van der Waals surface area contributed by atoms with Gasteiger partial charge in [0.05, 0.1) is 4.92 Å². The van der Waals surface area contributed by atoms with Gasteiger partial charge in [0.15, 0.2) is 0 Å². The summed E-state index contributed by atoms with van der Waals surface area (Å²) in [6.45, 7) is 5.49. The van der Waals surface area contributed by atoms with E-state index in [9.17, 15) is 10.1 Å². The molecule has 104 valence electrons. The monoisotopic (exact) mass is 263 g/mol. The van der Waals surface area contributed by atoms with E-state index in [1.807, 2.05) is 0 Å². The van der Waals surface area contributed by atoms with Crippen molar-refractivity contribution in [3.8, 4) is 0 Å². The van der Waals surface area contributed by atoms with Crippen molar-refractivity contribution in [1.29, 1.82) is 0 Å². The Bertz CT molecular complexity index is 433. The summed E-state index contributed by atoms with van der Waals surface area (Å²) in [5, 5.41) is 10.7. The van der Waals surface area contributed by atoms with E-state index < -0.39 is 4.92 Å².